The molecule has 0 aliphatic rings. The van der Waals surface area contributed by atoms with E-state index in [1.807, 2.05) is 49.4 Å². The lowest BCUT2D eigenvalue weighted by atomic mass is 10.0. The molecule has 0 saturated heterocycles. The van der Waals surface area contributed by atoms with Crippen LogP contribution in [0, 0.1) is 0 Å². The summed E-state index contributed by atoms with van der Waals surface area (Å²) in [5.41, 5.74) is 4.94. The van der Waals surface area contributed by atoms with Gasteiger partial charge in [-0.2, -0.15) is 0 Å². The summed E-state index contributed by atoms with van der Waals surface area (Å²) in [5, 5.41) is 5.70. The molecule has 0 saturated carbocycles. The van der Waals surface area contributed by atoms with Crippen molar-refractivity contribution in [3.8, 4) is 11.1 Å². The molecular weight excluding hydrogens is 366 g/mol. The molecule has 1 atom stereocenters. The predicted octanol–water partition coefficient (Wildman–Crippen LogP) is 4.68. The Balaban J connectivity index is 1.42. The van der Waals surface area contributed by atoms with Crippen molar-refractivity contribution < 1.29 is 9.21 Å². The second-order valence-electron chi connectivity index (χ2n) is 6.92. The summed E-state index contributed by atoms with van der Waals surface area (Å²) < 4.78 is 6.57. The summed E-state index contributed by atoms with van der Waals surface area (Å²) in [6, 6.07) is 22.9. The van der Waals surface area contributed by atoms with E-state index in [0.29, 0.717) is 16.8 Å². The Labute approximate surface area is 167 Å². The van der Waals surface area contributed by atoms with Crippen LogP contribution in [-0.2, 0) is 7.05 Å². The Morgan fingerprint density at radius 3 is 2.38 bits per heavy atom. The van der Waals surface area contributed by atoms with Crippen molar-refractivity contribution in [1.29, 1.82) is 0 Å². The number of carbonyl (C=O) groups is 1. The maximum absolute atomic E-state index is 12.4. The Kier molecular flexibility index (Phi) is 4.91. The number of aryl methyl sites for hydroxylation is 1. The highest BCUT2D eigenvalue weighted by Gasteiger charge is 2.12. The largest absolute Gasteiger partial charge is 0.419 e. The zero-order chi connectivity index (χ0) is 20.4. The van der Waals surface area contributed by atoms with Gasteiger partial charge in [-0.1, -0.05) is 54.6 Å². The molecule has 4 aromatic rings. The third-order valence-electron chi connectivity index (χ3n) is 4.92. The van der Waals surface area contributed by atoms with Gasteiger partial charge in [-0.05, 0) is 35.7 Å². The average Bonchev–Trinajstić information content (AvgIpc) is 3.01. The molecule has 0 spiro atoms. The van der Waals surface area contributed by atoms with E-state index >= 15 is 0 Å². The summed E-state index contributed by atoms with van der Waals surface area (Å²) in [4.78, 5) is 24.0. The number of carbonyl (C=O) groups excluding carboxylic acids is 1. The molecule has 3 aromatic carbocycles. The minimum absolute atomic E-state index is 0.168. The van der Waals surface area contributed by atoms with Gasteiger partial charge in [-0.15, -0.1) is 0 Å². The Bertz CT molecular complexity index is 1210. The van der Waals surface area contributed by atoms with Crippen LogP contribution in [0.1, 0.15) is 18.5 Å². The lowest BCUT2D eigenvalue weighted by Crippen LogP contribution is -2.31. The van der Waals surface area contributed by atoms with Gasteiger partial charge in [0.25, 0.3) is 0 Å². The number of oxazole rings is 1. The highest BCUT2D eigenvalue weighted by atomic mass is 16.4. The number of hydrogen-bond donors (Lipinski definition) is 2. The topological polar surface area (TPSA) is 76.3 Å². The first-order valence-corrected chi connectivity index (χ1v) is 9.34. The van der Waals surface area contributed by atoms with Gasteiger partial charge in [0, 0.05) is 18.8 Å². The summed E-state index contributed by atoms with van der Waals surface area (Å²) in [6.45, 7) is 1.93. The van der Waals surface area contributed by atoms with E-state index in [1.54, 1.807) is 25.2 Å². The van der Waals surface area contributed by atoms with Crippen molar-refractivity contribution in [2.45, 2.75) is 13.0 Å². The standard InChI is InChI=1S/C23H21N3O3/c1-15(16-8-10-18(11-9-16)17-6-4-3-5-7-17)24-22(27)25-19-12-13-20-21(14-19)29-23(28)26(20)2/h3-15H,1-2H3,(H2,24,25,27). The van der Waals surface area contributed by atoms with Crippen LogP contribution in [0.25, 0.3) is 22.2 Å². The van der Waals surface area contributed by atoms with Gasteiger partial charge in [0.2, 0.25) is 0 Å². The second-order valence-corrected chi connectivity index (χ2v) is 6.92. The number of amides is 2. The molecule has 1 heterocycles. The summed E-state index contributed by atoms with van der Waals surface area (Å²) in [6.07, 6.45) is 0. The fraction of sp³-hybridized carbons (Fsp3) is 0.130. The number of nitrogens with one attached hydrogen (secondary N) is 2. The molecule has 0 aliphatic heterocycles. The van der Waals surface area contributed by atoms with Gasteiger partial charge in [-0.3, -0.25) is 4.57 Å². The molecule has 0 radical (unpaired) electrons. The first-order valence-electron chi connectivity index (χ1n) is 9.34. The molecule has 146 valence electrons. The SMILES string of the molecule is CC(NC(=O)Nc1ccc2c(c1)oc(=O)n2C)c1ccc(-c2ccccc2)cc1. The molecule has 0 aliphatic carbocycles. The predicted molar refractivity (Wildman–Crippen MR) is 114 cm³/mol. The first kappa shape index (κ1) is 18.6. The van der Waals surface area contributed by atoms with E-state index in [0.717, 1.165) is 16.7 Å². The Hall–Kier alpha value is -3.80. The average molecular weight is 387 g/mol. The fourth-order valence-corrected chi connectivity index (χ4v) is 3.25. The van der Waals surface area contributed by atoms with E-state index in [1.165, 1.54) is 4.57 Å². The lowest BCUT2D eigenvalue weighted by molar-refractivity contribution is 0.249. The second kappa shape index (κ2) is 7.67. The van der Waals surface area contributed by atoms with Crippen molar-refractivity contribution in [3.05, 3.63) is 88.9 Å². The van der Waals surface area contributed by atoms with Crippen molar-refractivity contribution in [3.63, 3.8) is 0 Å². The minimum Gasteiger partial charge on any atom is -0.408 e. The van der Waals surface area contributed by atoms with Crippen LogP contribution >= 0.6 is 0 Å². The summed E-state index contributed by atoms with van der Waals surface area (Å²) in [5.74, 6) is -0.436. The Morgan fingerprint density at radius 2 is 1.66 bits per heavy atom. The van der Waals surface area contributed by atoms with Gasteiger partial charge < -0.3 is 15.1 Å². The fourth-order valence-electron chi connectivity index (χ4n) is 3.25. The molecule has 4 rings (SSSR count). The lowest BCUT2D eigenvalue weighted by Gasteiger charge is -2.15. The smallest absolute Gasteiger partial charge is 0.408 e. The number of fused-ring (bicyclic) bond motifs is 1. The molecule has 1 unspecified atom stereocenters. The third kappa shape index (κ3) is 3.91. The number of benzene rings is 3. The van der Waals surface area contributed by atoms with Gasteiger partial charge in [0.1, 0.15) is 0 Å². The van der Waals surface area contributed by atoms with Gasteiger partial charge in [-0.25, -0.2) is 9.59 Å². The van der Waals surface area contributed by atoms with Crippen LogP contribution in [0.2, 0.25) is 0 Å². The number of hydrogen-bond acceptors (Lipinski definition) is 3. The van der Waals surface area contributed by atoms with Crippen molar-refractivity contribution in [2.75, 3.05) is 5.32 Å². The van der Waals surface area contributed by atoms with E-state index in [4.69, 9.17) is 4.42 Å². The van der Waals surface area contributed by atoms with E-state index in [2.05, 4.69) is 22.8 Å². The molecule has 1 aromatic heterocycles. The van der Waals surface area contributed by atoms with Crippen LogP contribution in [-0.4, -0.2) is 10.6 Å². The van der Waals surface area contributed by atoms with Crippen molar-refractivity contribution >= 4 is 22.8 Å². The zero-order valence-electron chi connectivity index (χ0n) is 16.2. The van der Waals surface area contributed by atoms with Crippen LogP contribution in [0.5, 0.6) is 0 Å². The van der Waals surface area contributed by atoms with Gasteiger partial charge in [0.05, 0.1) is 11.6 Å². The van der Waals surface area contributed by atoms with E-state index in [-0.39, 0.29) is 12.1 Å². The highest BCUT2D eigenvalue weighted by Crippen LogP contribution is 2.22. The zero-order valence-corrected chi connectivity index (χ0v) is 16.2. The van der Waals surface area contributed by atoms with Crippen LogP contribution in [0.15, 0.2) is 82.0 Å². The molecule has 6 nitrogen and oxygen atoms in total. The molecule has 2 N–H and O–H groups in total. The first-order chi connectivity index (χ1) is 14.0. The number of urea groups is 1. The van der Waals surface area contributed by atoms with Crippen LogP contribution in [0.4, 0.5) is 10.5 Å². The molecule has 0 fully saturated rings. The van der Waals surface area contributed by atoms with Crippen molar-refractivity contribution in [2.24, 2.45) is 7.05 Å². The minimum atomic E-state index is -0.436. The third-order valence-corrected chi connectivity index (χ3v) is 4.92. The van der Waals surface area contributed by atoms with E-state index < -0.39 is 5.76 Å². The molecule has 29 heavy (non-hydrogen) atoms. The monoisotopic (exact) mass is 387 g/mol. The quantitative estimate of drug-likeness (QED) is 0.534. The van der Waals surface area contributed by atoms with Gasteiger partial charge in [0.15, 0.2) is 5.58 Å². The van der Waals surface area contributed by atoms with Crippen LogP contribution < -0.4 is 16.4 Å². The molecule has 2 amide bonds. The molecule has 6 heteroatoms. The number of rotatable bonds is 4. The normalized spacial score (nSPS) is 11.9. The van der Waals surface area contributed by atoms with Crippen LogP contribution in [0.3, 0.4) is 0 Å². The van der Waals surface area contributed by atoms with E-state index in [9.17, 15) is 9.59 Å². The highest BCUT2D eigenvalue weighted by molar-refractivity contribution is 5.91. The van der Waals surface area contributed by atoms with Crippen molar-refractivity contribution in [1.82, 2.24) is 9.88 Å². The number of anilines is 1. The summed E-state index contributed by atoms with van der Waals surface area (Å²) in [7, 11) is 1.64. The maximum atomic E-state index is 12.4. The number of aromatic nitrogens is 1. The molecular formula is C23H21N3O3. The summed E-state index contributed by atoms with van der Waals surface area (Å²) >= 11 is 0. The maximum Gasteiger partial charge on any atom is 0.419 e. The molecule has 0 bridgehead atoms. The Morgan fingerprint density at radius 1 is 0.966 bits per heavy atom. The number of nitrogens with zero attached hydrogens (tertiary/aromatic N) is 1. The van der Waals surface area contributed by atoms with Gasteiger partial charge >= 0.3 is 11.8 Å².